The van der Waals surface area contributed by atoms with Gasteiger partial charge in [-0.3, -0.25) is 19.7 Å². The Bertz CT molecular complexity index is 786. The maximum atomic E-state index is 12.1. The van der Waals surface area contributed by atoms with Crippen LogP contribution in [0.25, 0.3) is 0 Å². The third-order valence-corrected chi connectivity index (χ3v) is 4.50. The SMILES string of the molecule is CC(C)(C)OC(=O)NCCCCCC(=O)Nc1ccc(NC2CCC(=O)NC2=O)cc1. The summed E-state index contributed by atoms with van der Waals surface area (Å²) in [5.41, 5.74) is 0.900. The van der Waals surface area contributed by atoms with Gasteiger partial charge in [0.25, 0.3) is 0 Å². The van der Waals surface area contributed by atoms with Gasteiger partial charge in [-0.05, 0) is 64.3 Å². The molecular weight excluding hydrogens is 400 g/mol. The Kier molecular flexibility index (Phi) is 8.84. The lowest BCUT2D eigenvalue weighted by atomic mass is 10.1. The summed E-state index contributed by atoms with van der Waals surface area (Å²) in [7, 11) is 0. The average Bonchev–Trinajstić information content (AvgIpc) is 2.67. The molecule has 31 heavy (non-hydrogen) atoms. The summed E-state index contributed by atoms with van der Waals surface area (Å²) in [6, 6.07) is 6.64. The molecule has 1 aliphatic rings. The van der Waals surface area contributed by atoms with E-state index in [1.54, 1.807) is 24.3 Å². The molecule has 1 aromatic carbocycles. The van der Waals surface area contributed by atoms with Crippen LogP contribution in [0, 0.1) is 0 Å². The number of unbranched alkanes of at least 4 members (excludes halogenated alkanes) is 2. The average molecular weight is 433 g/mol. The molecule has 1 heterocycles. The van der Waals surface area contributed by atoms with E-state index in [1.165, 1.54) is 0 Å². The molecule has 1 fully saturated rings. The minimum atomic E-state index is -0.513. The van der Waals surface area contributed by atoms with Gasteiger partial charge in [0, 0.05) is 30.8 Å². The molecule has 170 valence electrons. The van der Waals surface area contributed by atoms with Gasteiger partial charge in [0.05, 0.1) is 0 Å². The minimum absolute atomic E-state index is 0.0778. The number of amides is 4. The topological polar surface area (TPSA) is 126 Å². The third kappa shape index (κ3) is 9.50. The van der Waals surface area contributed by atoms with Crippen molar-refractivity contribution in [1.82, 2.24) is 10.6 Å². The molecule has 0 bridgehead atoms. The second-order valence-electron chi connectivity index (χ2n) is 8.51. The molecule has 0 saturated carbocycles. The Morgan fingerprint density at radius 3 is 2.39 bits per heavy atom. The molecule has 4 N–H and O–H groups in total. The zero-order valence-corrected chi connectivity index (χ0v) is 18.4. The second kappa shape index (κ2) is 11.3. The van der Waals surface area contributed by atoms with Crippen LogP contribution in [0.1, 0.15) is 59.3 Å². The fourth-order valence-electron chi connectivity index (χ4n) is 3.00. The molecular formula is C22H32N4O5. The van der Waals surface area contributed by atoms with Crippen molar-refractivity contribution in [3.63, 3.8) is 0 Å². The molecule has 0 aliphatic carbocycles. The molecule has 0 spiro atoms. The van der Waals surface area contributed by atoms with Crippen molar-refractivity contribution in [2.45, 2.75) is 70.9 Å². The van der Waals surface area contributed by atoms with E-state index in [0.717, 1.165) is 24.9 Å². The Morgan fingerprint density at radius 2 is 1.74 bits per heavy atom. The Hall–Kier alpha value is -3.10. The number of ether oxygens (including phenoxy) is 1. The zero-order chi connectivity index (χ0) is 22.9. The third-order valence-electron chi connectivity index (χ3n) is 4.50. The van der Waals surface area contributed by atoms with Gasteiger partial charge in [0.15, 0.2) is 0 Å². The van der Waals surface area contributed by atoms with Crippen LogP contribution in [0.15, 0.2) is 24.3 Å². The molecule has 1 atom stereocenters. The molecule has 2 rings (SSSR count). The van der Waals surface area contributed by atoms with E-state index in [2.05, 4.69) is 21.3 Å². The van der Waals surface area contributed by atoms with Gasteiger partial charge in [0.1, 0.15) is 11.6 Å². The van der Waals surface area contributed by atoms with Gasteiger partial charge < -0.3 is 20.7 Å². The molecule has 1 saturated heterocycles. The summed E-state index contributed by atoms with van der Waals surface area (Å²) in [5, 5.41) is 10.9. The van der Waals surface area contributed by atoms with E-state index < -0.39 is 17.7 Å². The number of nitrogens with one attached hydrogen (secondary N) is 4. The van der Waals surface area contributed by atoms with Crippen LogP contribution in [0.5, 0.6) is 0 Å². The number of alkyl carbamates (subject to hydrolysis) is 1. The van der Waals surface area contributed by atoms with E-state index in [9.17, 15) is 19.2 Å². The number of benzene rings is 1. The molecule has 9 nitrogen and oxygen atoms in total. The highest BCUT2D eigenvalue weighted by Crippen LogP contribution is 2.17. The Labute approximate surface area is 182 Å². The summed E-state index contributed by atoms with van der Waals surface area (Å²) in [4.78, 5) is 46.6. The van der Waals surface area contributed by atoms with Gasteiger partial charge in [-0.15, -0.1) is 0 Å². The molecule has 1 unspecified atom stereocenters. The number of anilines is 2. The Balaban J connectivity index is 1.61. The first-order chi connectivity index (χ1) is 14.6. The van der Waals surface area contributed by atoms with E-state index in [-0.39, 0.29) is 17.7 Å². The van der Waals surface area contributed by atoms with Gasteiger partial charge in [-0.25, -0.2) is 4.79 Å². The number of imide groups is 1. The van der Waals surface area contributed by atoms with Crippen molar-refractivity contribution in [3.8, 4) is 0 Å². The van der Waals surface area contributed by atoms with Crippen LogP contribution in [0.3, 0.4) is 0 Å². The Morgan fingerprint density at radius 1 is 1.06 bits per heavy atom. The number of rotatable bonds is 9. The highest BCUT2D eigenvalue weighted by Gasteiger charge is 2.26. The van der Waals surface area contributed by atoms with Crippen LogP contribution in [-0.4, -0.2) is 42.0 Å². The predicted molar refractivity (Wildman–Crippen MR) is 118 cm³/mol. The summed E-state index contributed by atoms with van der Waals surface area (Å²) >= 11 is 0. The quantitative estimate of drug-likeness (QED) is 0.351. The van der Waals surface area contributed by atoms with Gasteiger partial charge in [0.2, 0.25) is 17.7 Å². The lowest BCUT2D eigenvalue weighted by Crippen LogP contribution is -2.47. The van der Waals surface area contributed by atoms with Crippen molar-refractivity contribution in [2.24, 2.45) is 0 Å². The molecule has 9 heteroatoms. The number of hydrogen-bond acceptors (Lipinski definition) is 6. The maximum absolute atomic E-state index is 12.1. The number of piperidine rings is 1. The number of carbonyl (C=O) groups is 4. The van der Waals surface area contributed by atoms with Gasteiger partial charge in [-0.1, -0.05) is 6.42 Å². The fourth-order valence-corrected chi connectivity index (χ4v) is 3.00. The van der Waals surface area contributed by atoms with Gasteiger partial charge >= 0.3 is 6.09 Å². The summed E-state index contributed by atoms with van der Waals surface area (Å²) < 4.78 is 5.16. The highest BCUT2D eigenvalue weighted by molar-refractivity contribution is 6.01. The van der Waals surface area contributed by atoms with Crippen molar-refractivity contribution in [3.05, 3.63) is 24.3 Å². The first kappa shape index (κ1) is 24.2. The van der Waals surface area contributed by atoms with E-state index in [4.69, 9.17) is 4.74 Å². The van der Waals surface area contributed by atoms with Crippen LogP contribution >= 0.6 is 0 Å². The standard InChI is InChI=1S/C22H32N4O5/c1-22(2,3)31-21(30)23-14-6-4-5-7-18(27)25-16-10-8-15(9-11-16)24-17-12-13-19(28)26-20(17)29/h8-11,17,24H,4-7,12-14H2,1-3H3,(H,23,30)(H,25,27)(H,26,28,29). The molecule has 1 aliphatic heterocycles. The fraction of sp³-hybridized carbons (Fsp3) is 0.545. The smallest absolute Gasteiger partial charge is 0.407 e. The van der Waals surface area contributed by atoms with Crippen LogP contribution < -0.4 is 21.3 Å². The van der Waals surface area contributed by atoms with Crippen molar-refractivity contribution in [2.75, 3.05) is 17.2 Å². The molecule has 0 radical (unpaired) electrons. The van der Waals surface area contributed by atoms with Crippen LogP contribution in [-0.2, 0) is 19.1 Å². The molecule has 1 aromatic rings. The van der Waals surface area contributed by atoms with Crippen LogP contribution in [0.4, 0.5) is 16.2 Å². The van der Waals surface area contributed by atoms with Crippen molar-refractivity contribution in [1.29, 1.82) is 0 Å². The monoisotopic (exact) mass is 432 g/mol. The highest BCUT2D eigenvalue weighted by atomic mass is 16.6. The predicted octanol–water partition coefficient (Wildman–Crippen LogP) is 2.93. The van der Waals surface area contributed by atoms with Gasteiger partial charge in [-0.2, -0.15) is 0 Å². The second-order valence-corrected chi connectivity index (χ2v) is 8.51. The normalized spacial score (nSPS) is 16.3. The largest absolute Gasteiger partial charge is 0.444 e. The van der Waals surface area contributed by atoms with Crippen molar-refractivity contribution >= 4 is 35.2 Å². The summed E-state index contributed by atoms with van der Waals surface area (Å²) in [6.45, 7) is 5.95. The zero-order valence-electron chi connectivity index (χ0n) is 18.4. The first-order valence-corrected chi connectivity index (χ1v) is 10.6. The number of carbonyl (C=O) groups excluding carboxylic acids is 4. The minimum Gasteiger partial charge on any atom is -0.444 e. The lowest BCUT2D eigenvalue weighted by Gasteiger charge is -2.22. The lowest BCUT2D eigenvalue weighted by molar-refractivity contribution is -0.133. The number of hydrogen-bond donors (Lipinski definition) is 4. The van der Waals surface area contributed by atoms with E-state index in [0.29, 0.717) is 31.5 Å². The molecule has 0 aromatic heterocycles. The first-order valence-electron chi connectivity index (χ1n) is 10.6. The van der Waals surface area contributed by atoms with E-state index >= 15 is 0 Å². The molecule has 4 amide bonds. The maximum Gasteiger partial charge on any atom is 0.407 e. The van der Waals surface area contributed by atoms with Crippen molar-refractivity contribution < 1.29 is 23.9 Å². The van der Waals surface area contributed by atoms with E-state index in [1.807, 2.05) is 20.8 Å². The van der Waals surface area contributed by atoms with Crippen LogP contribution in [0.2, 0.25) is 0 Å². The summed E-state index contributed by atoms with van der Waals surface area (Å²) in [5.74, 6) is -0.652. The summed E-state index contributed by atoms with van der Waals surface area (Å²) in [6.07, 6.45) is 3.04.